The lowest BCUT2D eigenvalue weighted by atomic mass is 9.78. The summed E-state index contributed by atoms with van der Waals surface area (Å²) in [5.41, 5.74) is -0.121. The summed E-state index contributed by atoms with van der Waals surface area (Å²) in [4.78, 5) is 30.9. The quantitative estimate of drug-likeness (QED) is 0.232. The van der Waals surface area contributed by atoms with E-state index in [1.54, 1.807) is 13.1 Å². The Morgan fingerprint density at radius 2 is 2.02 bits per heavy atom. The molecule has 5 heterocycles. The number of pyridine rings is 1. The molecule has 2 bridgehead atoms. The monoisotopic (exact) mass is 674 g/mol. The van der Waals surface area contributed by atoms with Gasteiger partial charge in [-0.25, -0.2) is 13.2 Å². The number of phenolic OH excluding ortho intramolecular Hbond substituents is 1. The molecule has 2 aromatic heterocycles. The van der Waals surface area contributed by atoms with E-state index in [4.69, 9.17) is 9.72 Å². The maximum atomic E-state index is 17.0. The third-order valence-corrected chi connectivity index (χ3v) is 11.6. The number of aryl methyl sites for hydroxylation is 1. The largest absolute Gasteiger partial charge is 0.508 e. The molecule has 3 aliphatic heterocycles. The van der Waals surface area contributed by atoms with E-state index in [2.05, 4.69) is 25.1 Å². The van der Waals surface area contributed by atoms with Crippen molar-refractivity contribution in [3.63, 3.8) is 0 Å². The number of alkyl halides is 1. The molecule has 4 aromatic rings. The molecule has 12 heteroatoms. The highest BCUT2D eigenvalue weighted by molar-refractivity contribution is 6.01. The van der Waals surface area contributed by atoms with Crippen LogP contribution in [0.15, 0.2) is 30.5 Å². The van der Waals surface area contributed by atoms with Crippen LogP contribution in [0.1, 0.15) is 57.4 Å². The molecular formula is C37H41F3N6O3. The van der Waals surface area contributed by atoms with Crippen molar-refractivity contribution in [3.05, 3.63) is 47.7 Å². The number of carbonyl (C=O) groups is 1. The maximum Gasteiger partial charge on any atom is 0.319 e. The molecule has 0 radical (unpaired) electrons. The Labute approximate surface area is 282 Å². The van der Waals surface area contributed by atoms with Crippen LogP contribution >= 0.6 is 0 Å². The molecular weight excluding hydrogens is 633 g/mol. The molecule has 3 saturated heterocycles. The minimum absolute atomic E-state index is 0.00946. The number of ether oxygens (including phenoxy) is 1. The summed E-state index contributed by atoms with van der Waals surface area (Å²) in [6.07, 6.45) is 6.30. The first-order valence-electron chi connectivity index (χ1n) is 17.4. The van der Waals surface area contributed by atoms with E-state index in [0.29, 0.717) is 72.4 Å². The summed E-state index contributed by atoms with van der Waals surface area (Å²) in [6, 6.07) is 5.83. The van der Waals surface area contributed by atoms with Gasteiger partial charge in [-0.3, -0.25) is 14.7 Å². The molecule has 1 saturated carbocycles. The van der Waals surface area contributed by atoms with Crippen LogP contribution in [0.4, 0.5) is 19.0 Å². The Morgan fingerprint density at radius 3 is 2.84 bits per heavy atom. The van der Waals surface area contributed by atoms with E-state index in [1.165, 1.54) is 24.4 Å². The van der Waals surface area contributed by atoms with E-state index in [-0.39, 0.29) is 46.5 Å². The van der Waals surface area contributed by atoms with Crippen LogP contribution in [0.3, 0.4) is 0 Å². The van der Waals surface area contributed by atoms with Gasteiger partial charge in [0.25, 0.3) is 0 Å². The van der Waals surface area contributed by atoms with Gasteiger partial charge >= 0.3 is 6.01 Å². The predicted molar refractivity (Wildman–Crippen MR) is 180 cm³/mol. The number of benzene rings is 2. The zero-order chi connectivity index (χ0) is 34.1. The average Bonchev–Trinajstić information content (AvgIpc) is 3.71. The molecule has 4 aliphatic rings. The fourth-order valence-electron chi connectivity index (χ4n) is 9.41. The van der Waals surface area contributed by atoms with Gasteiger partial charge in [-0.1, -0.05) is 13.0 Å². The normalized spacial score (nSPS) is 26.5. The summed E-state index contributed by atoms with van der Waals surface area (Å²) in [6.45, 7) is 4.42. The van der Waals surface area contributed by atoms with Gasteiger partial charge in [0.2, 0.25) is 5.91 Å². The van der Waals surface area contributed by atoms with Crippen molar-refractivity contribution in [2.45, 2.75) is 70.0 Å². The predicted octanol–water partition coefficient (Wildman–Crippen LogP) is 6.09. The van der Waals surface area contributed by atoms with E-state index < -0.39 is 23.3 Å². The van der Waals surface area contributed by atoms with E-state index in [0.717, 1.165) is 38.6 Å². The second-order valence-corrected chi connectivity index (χ2v) is 14.7. The van der Waals surface area contributed by atoms with E-state index in [9.17, 15) is 14.3 Å². The number of phenols is 1. The van der Waals surface area contributed by atoms with Crippen LogP contribution in [-0.2, 0) is 11.2 Å². The van der Waals surface area contributed by atoms with E-state index in [1.807, 2.05) is 6.92 Å². The smallest absolute Gasteiger partial charge is 0.319 e. The molecule has 2 N–H and O–H groups in total. The molecule has 1 amide bonds. The Hall–Kier alpha value is -4.19. The summed E-state index contributed by atoms with van der Waals surface area (Å²) in [5, 5.41) is 14.8. The maximum absolute atomic E-state index is 17.0. The standard InChI is InChI=1S/C37H41F3N6O3/c1-3-25-28(39)6-5-22-11-24(47)12-26(30(22)25)32-31(40)33-27(16-42-32)34(45-17-21-7-9-36(13-21,19-45)15-29(48)41-2)44-35(43-33)49-20-37-8-4-10-46(37)18-23(38)14-37/h5-6,11-12,16,21,23,47H,3-4,7-10,13-15,17-20H2,1-2H3,(H,41,48)/t21?,23-,36?,37+/m1/s1. The lowest BCUT2D eigenvalue weighted by Gasteiger charge is -2.41. The lowest BCUT2D eigenvalue weighted by Crippen LogP contribution is -2.45. The fourth-order valence-corrected chi connectivity index (χ4v) is 9.41. The van der Waals surface area contributed by atoms with Crippen molar-refractivity contribution in [2.75, 3.05) is 44.7 Å². The average molecular weight is 675 g/mol. The first-order chi connectivity index (χ1) is 23.6. The van der Waals surface area contributed by atoms with Crippen LogP contribution in [0.25, 0.3) is 32.9 Å². The molecule has 0 spiro atoms. The molecule has 9 nitrogen and oxygen atoms in total. The van der Waals surface area contributed by atoms with Crippen molar-refractivity contribution >= 4 is 33.4 Å². The minimum atomic E-state index is -0.932. The number of hydrogen-bond donors (Lipinski definition) is 2. The first-order valence-corrected chi connectivity index (χ1v) is 17.4. The second kappa shape index (κ2) is 12.0. The molecule has 49 heavy (non-hydrogen) atoms. The third kappa shape index (κ3) is 5.43. The van der Waals surface area contributed by atoms with Gasteiger partial charge in [0.05, 0.1) is 10.9 Å². The number of aromatic nitrogens is 3. The summed E-state index contributed by atoms with van der Waals surface area (Å²) in [5.74, 6) is -0.454. The van der Waals surface area contributed by atoms with Crippen LogP contribution in [0.2, 0.25) is 0 Å². The van der Waals surface area contributed by atoms with Gasteiger partial charge in [-0.05, 0) is 90.9 Å². The number of amides is 1. The molecule has 2 unspecified atom stereocenters. The topological polar surface area (TPSA) is 104 Å². The van der Waals surface area contributed by atoms with Gasteiger partial charge in [0.15, 0.2) is 5.82 Å². The number of rotatable bonds is 8. The van der Waals surface area contributed by atoms with Crippen LogP contribution in [-0.4, -0.2) is 82.4 Å². The number of piperidine rings is 1. The van der Waals surface area contributed by atoms with Gasteiger partial charge in [-0.15, -0.1) is 0 Å². The first kappa shape index (κ1) is 32.0. The molecule has 4 fully saturated rings. The number of hydrogen-bond acceptors (Lipinski definition) is 8. The highest BCUT2D eigenvalue weighted by Gasteiger charge is 2.50. The number of fused-ring (bicyclic) bond motifs is 5. The van der Waals surface area contributed by atoms with Gasteiger partial charge in [0, 0.05) is 51.3 Å². The number of nitrogens with zero attached hydrogens (tertiary/aromatic N) is 5. The van der Waals surface area contributed by atoms with Crippen LogP contribution in [0, 0.1) is 23.0 Å². The molecule has 2 aromatic carbocycles. The number of carbonyl (C=O) groups excluding carboxylic acids is 1. The van der Waals surface area contributed by atoms with Crippen LogP contribution < -0.4 is 15.0 Å². The Morgan fingerprint density at radius 1 is 1.16 bits per heavy atom. The van der Waals surface area contributed by atoms with E-state index >= 15 is 8.78 Å². The van der Waals surface area contributed by atoms with Gasteiger partial charge in [0.1, 0.15) is 41.4 Å². The van der Waals surface area contributed by atoms with Crippen LogP contribution in [0.5, 0.6) is 11.8 Å². The number of nitrogens with one attached hydrogen (secondary N) is 1. The van der Waals surface area contributed by atoms with Crippen molar-refractivity contribution < 1.29 is 27.8 Å². The van der Waals surface area contributed by atoms with Crippen molar-refractivity contribution in [1.29, 1.82) is 0 Å². The molecule has 258 valence electrons. The van der Waals surface area contributed by atoms with Gasteiger partial charge in [-0.2, -0.15) is 9.97 Å². The summed E-state index contributed by atoms with van der Waals surface area (Å²) >= 11 is 0. The lowest BCUT2D eigenvalue weighted by molar-refractivity contribution is -0.122. The minimum Gasteiger partial charge on any atom is -0.508 e. The Kier molecular flexibility index (Phi) is 7.84. The Balaban J connectivity index is 1.27. The number of halogens is 3. The zero-order valence-corrected chi connectivity index (χ0v) is 27.9. The summed E-state index contributed by atoms with van der Waals surface area (Å²) in [7, 11) is 1.65. The highest BCUT2D eigenvalue weighted by atomic mass is 19.1. The number of anilines is 1. The Bertz CT molecular complexity index is 1980. The fraction of sp³-hybridized carbons (Fsp3) is 0.514. The third-order valence-electron chi connectivity index (χ3n) is 11.6. The zero-order valence-electron chi connectivity index (χ0n) is 27.9. The number of aromatic hydroxyl groups is 1. The van der Waals surface area contributed by atoms with Crippen molar-refractivity contribution in [2.24, 2.45) is 11.3 Å². The molecule has 8 rings (SSSR count). The van der Waals surface area contributed by atoms with Crippen molar-refractivity contribution in [1.82, 2.24) is 25.2 Å². The summed E-state index contributed by atoms with van der Waals surface area (Å²) < 4.78 is 53.0. The van der Waals surface area contributed by atoms with Gasteiger partial charge < -0.3 is 20.1 Å². The second-order valence-electron chi connectivity index (χ2n) is 14.7. The highest BCUT2D eigenvalue weighted by Crippen LogP contribution is 2.50. The van der Waals surface area contributed by atoms with Crippen molar-refractivity contribution in [3.8, 4) is 23.0 Å². The molecule has 1 aliphatic carbocycles. The molecule has 4 atom stereocenters. The SMILES string of the molecule is CCc1c(F)ccc2cc(O)cc(-c3ncc4c(N5CC6CCC(CC(=O)NC)(C6)C5)nc(OC[C@@]56CCCN5C[C@H](F)C6)nc4c3F)c12.